The molecule has 4 nitrogen and oxygen atoms in total. The van der Waals surface area contributed by atoms with E-state index in [4.69, 9.17) is 11.6 Å². The average molecular weight is 384 g/mol. The second-order valence-corrected chi connectivity index (χ2v) is 8.25. The third kappa shape index (κ3) is 8.34. The Hall–Kier alpha value is -0.910. The average Bonchev–Trinajstić information content (AvgIpc) is 2.62. The Bertz CT molecular complexity index is 512. The number of benzene rings is 1. The molecule has 2 atom stereocenters. The number of hydrogen-bond acceptors (Lipinski definition) is 3. The summed E-state index contributed by atoms with van der Waals surface area (Å²) in [5.74, 6) is 2.44. The second-order valence-electron chi connectivity index (χ2n) is 6.72. The van der Waals surface area contributed by atoms with E-state index in [-0.39, 0.29) is 6.03 Å². The van der Waals surface area contributed by atoms with Gasteiger partial charge in [-0.2, -0.15) is 0 Å². The van der Waals surface area contributed by atoms with Gasteiger partial charge in [-0.15, -0.1) is 11.8 Å². The molecule has 1 fully saturated rings. The Balaban J connectivity index is 1.61. The monoisotopic (exact) mass is 383 g/mol. The first-order chi connectivity index (χ1) is 12.2. The lowest BCUT2D eigenvalue weighted by Gasteiger charge is -2.30. The zero-order valence-corrected chi connectivity index (χ0v) is 16.6. The van der Waals surface area contributed by atoms with E-state index in [9.17, 15) is 4.79 Å². The fourth-order valence-electron chi connectivity index (χ4n) is 3.05. The largest absolute Gasteiger partial charge is 0.338 e. The molecule has 2 unspecified atom stereocenters. The highest BCUT2D eigenvalue weighted by molar-refractivity contribution is 7.99. The lowest BCUT2D eigenvalue weighted by atomic mass is 9.89. The standard InChI is InChI=1S/C19H30ClN3OS/c1-2-3-9-22-19(24)23-10-8-15-11-16(13-21-12-15)14-25-18-6-4-17(20)5-7-18/h4-7,15-16,21H,2-3,8-14H2,1H3,(H2,22,23,24). The zero-order chi connectivity index (χ0) is 17.9. The van der Waals surface area contributed by atoms with Crippen LogP contribution >= 0.6 is 23.4 Å². The van der Waals surface area contributed by atoms with Crippen molar-refractivity contribution in [1.29, 1.82) is 0 Å². The number of halogens is 1. The van der Waals surface area contributed by atoms with E-state index in [1.54, 1.807) is 0 Å². The van der Waals surface area contributed by atoms with E-state index in [0.29, 0.717) is 11.8 Å². The number of hydrogen-bond donors (Lipinski definition) is 3. The van der Waals surface area contributed by atoms with Crippen LogP contribution in [0.15, 0.2) is 29.2 Å². The van der Waals surface area contributed by atoms with Crippen molar-refractivity contribution in [2.75, 3.05) is 31.9 Å². The number of nitrogens with one attached hydrogen (secondary N) is 3. The molecule has 1 aromatic carbocycles. The van der Waals surface area contributed by atoms with E-state index in [2.05, 4.69) is 35.0 Å². The van der Waals surface area contributed by atoms with Gasteiger partial charge in [-0.05, 0) is 68.5 Å². The highest BCUT2D eigenvalue weighted by Gasteiger charge is 2.21. The van der Waals surface area contributed by atoms with Crippen molar-refractivity contribution in [2.24, 2.45) is 11.8 Å². The number of carbonyl (C=O) groups excluding carboxylic acids is 1. The van der Waals surface area contributed by atoms with Gasteiger partial charge in [0.15, 0.2) is 0 Å². The first-order valence-electron chi connectivity index (χ1n) is 9.28. The molecule has 0 aliphatic carbocycles. The third-order valence-electron chi connectivity index (χ3n) is 4.49. The molecule has 0 radical (unpaired) electrons. The maximum atomic E-state index is 11.7. The normalized spacial score (nSPS) is 20.2. The molecule has 0 saturated carbocycles. The molecule has 2 amide bonds. The van der Waals surface area contributed by atoms with Crippen LogP contribution in [0.25, 0.3) is 0 Å². The maximum absolute atomic E-state index is 11.7. The van der Waals surface area contributed by atoms with Crippen LogP contribution in [-0.2, 0) is 0 Å². The lowest BCUT2D eigenvalue weighted by Crippen LogP contribution is -2.40. The molecule has 25 heavy (non-hydrogen) atoms. The predicted molar refractivity (Wildman–Crippen MR) is 108 cm³/mol. The summed E-state index contributed by atoms with van der Waals surface area (Å²) >= 11 is 7.83. The molecule has 3 N–H and O–H groups in total. The van der Waals surface area contributed by atoms with Gasteiger partial charge in [-0.1, -0.05) is 24.9 Å². The summed E-state index contributed by atoms with van der Waals surface area (Å²) in [7, 11) is 0. The van der Waals surface area contributed by atoms with Crippen molar-refractivity contribution in [3.8, 4) is 0 Å². The van der Waals surface area contributed by atoms with Crippen molar-refractivity contribution >= 4 is 29.4 Å². The van der Waals surface area contributed by atoms with E-state index in [1.165, 1.54) is 11.3 Å². The summed E-state index contributed by atoms with van der Waals surface area (Å²) in [5.41, 5.74) is 0. The number of urea groups is 1. The van der Waals surface area contributed by atoms with Gasteiger partial charge >= 0.3 is 6.03 Å². The van der Waals surface area contributed by atoms with Crippen LogP contribution in [0.2, 0.25) is 5.02 Å². The molecule has 140 valence electrons. The molecule has 0 bridgehead atoms. The predicted octanol–water partition coefficient (Wildman–Crippen LogP) is 4.15. The number of rotatable bonds is 9. The molecule has 1 aliphatic heterocycles. The fourth-order valence-corrected chi connectivity index (χ4v) is 4.19. The van der Waals surface area contributed by atoms with Crippen molar-refractivity contribution in [2.45, 2.75) is 37.5 Å². The number of unbranched alkanes of at least 4 members (excludes halogenated alkanes) is 1. The highest BCUT2D eigenvalue weighted by atomic mass is 35.5. The van der Waals surface area contributed by atoms with Crippen LogP contribution in [-0.4, -0.2) is 38.0 Å². The van der Waals surface area contributed by atoms with Crippen LogP contribution in [0, 0.1) is 11.8 Å². The summed E-state index contributed by atoms with van der Waals surface area (Å²) in [6.45, 7) is 5.78. The Morgan fingerprint density at radius 2 is 1.92 bits per heavy atom. The van der Waals surface area contributed by atoms with E-state index in [0.717, 1.165) is 56.2 Å². The third-order valence-corrected chi connectivity index (χ3v) is 5.98. The minimum absolute atomic E-state index is 0.0351. The van der Waals surface area contributed by atoms with Gasteiger partial charge in [0.05, 0.1) is 0 Å². The summed E-state index contributed by atoms with van der Waals surface area (Å²) in [4.78, 5) is 12.9. The van der Waals surface area contributed by atoms with Gasteiger partial charge in [-0.3, -0.25) is 0 Å². The van der Waals surface area contributed by atoms with Crippen molar-refractivity contribution < 1.29 is 4.79 Å². The van der Waals surface area contributed by atoms with E-state index >= 15 is 0 Å². The van der Waals surface area contributed by atoms with Crippen molar-refractivity contribution in [3.05, 3.63) is 29.3 Å². The second kappa shape index (κ2) is 11.7. The van der Waals surface area contributed by atoms with Crippen molar-refractivity contribution in [3.63, 3.8) is 0 Å². The summed E-state index contributed by atoms with van der Waals surface area (Å²) in [5, 5.41) is 10.2. The van der Waals surface area contributed by atoms with Crippen molar-refractivity contribution in [1.82, 2.24) is 16.0 Å². The van der Waals surface area contributed by atoms with Gasteiger partial charge in [0.2, 0.25) is 0 Å². The molecular formula is C19H30ClN3OS. The summed E-state index contributed by atoms with van der Waals surface area (Å²) < 4.78 is 0. The van der Waals surface area contributed by atoms with Gasteiger partial charge in [0.1, 0.15) is 0 Å². The first kappa shape index (κ1) is 20.4. The van der Waals surface area contributed by atoms with Gasteiger partial charge in [-0.25, -0.2) is 4.79 Å². The smallest absolute Gasteiger partial charge is 0.314 e. The van der Waals surface area contributed by atoms with Crippen LogP contribution in [0.4, 0.5) is 4.79 Å². The van der Waals surface area contributed by atoms with E-state index < -0.39 is 0 Å². The molecular weight excluding hydrogens is 354 g/mol. The van der Waals surface area contributed by atoms with Crippen LogP contribution < -0.4 is 16.0 Å². The van der Waals surface area contributed by atoms with Gasteiger partial charge in [0, 0.05) is 28.8 Å². The zero-order valence-electron chi connectivity index (χ0n) is 15.0. The van der Waals surface area contributed by atoms with Crippen LogP contribution in [0.5, 0.6) is 0 Å². The number of thioether (sulfide) groups is 1. The number of piperidine rings is 1. The highest BCUT2D eigenvalue weighted by Crippen LogP contribution is 2.27. The topological polar surface area (TPSA) is 53.2 Å². The fraction of sp³-hybridized carbons (Fsp3) is 0.632. The van der Waals surface area contributed by atoms with Gasteiger partial charge in [0.25, 0.3) is 0 Å². The molecule has 2 rings (SSSR count). The Labute approximate surface area is 160 Å². The Morgan fingerprint density at radius 1 is 1.20 bits per heavy atom. The number of amides is 2. The quantitative estimate of drug-likeness (QED) is 0.443. The van der Waals surface area contributed by atoms with E-state index in [1.807, 2.05) is 23.9 Å². The molecule has 1 heterocycles. The van der Waals surface area contributed by atoms with Crippen LogP contribution in [0.1, 0.15) is 32.6 Å². The molecule has 0 aromatic heterocycles. The Kier molecular flexibility index (Phi) is 9.51. The molecule has 6 heteroatoms. The number of carbonyl (C=O) groups is 1. The molecule has 0 spiro atoms. The molecule has 1 saturated heterocycles. The maximum Gasteiger partial charge on any atom is 0.314 e. The van der Waals surface area contributed by atoms with Gasteiger partial charge < -0.3 is 16.0 Å². The SMILES string of the molecule is CCCCNC(=O)NCCC1CNCC(CSc2ccc(Cl)cc2)C1. The lowest BCUT2D eigenvalue weighted by molar-refractivity contribution is 0.237. The first-order valence-corrected chi connectivity index (χ1v) is 10.6. The minimum Gasteiger partial charge on any atom is -0.338 e. The summed E-state index contributed by atoms with van der Waals surface area (Å²) in [6, 6.07) is 8.03. The minimum atomic E-state index is -0.0351. The molecule has 1 aromatic rings. The molecule has 1 aliphatic rings. The summed E-state index contributed by atoms with van der Waals surface area (Å²) in [6.07, 6.45) is 4.40. The Morgan fingerprint density at radius 3 is 2.68 bits per heavy atom. The van der Waals surface area contributed by atoms with Crippen LogP contribution in [0.3, 0.4) is 0 Å².